The third-order valence-electron chi connectivity index (χ3n) is 6.50. The van der Waals surface area contributed by atoms with E-state index in [1.165, 1.54) is 18.7 Å². The second-order valence-corrected chi connectivity index (χ2v) is 8.34. The highest BCUT2D eigenvalue weighted by Crippen LogP contribution is 2.41. The maximum atomic E-state index is 13.3. The predicted molar refractivity (Wildman–Crippen MR) is 108 cm³/mol. The fourth-order valence-corrected chi connectivity index (χ4v) is 5.04. The lowest BCUT2D eigenvalue weighted by molar-refractivity contribution is -0.137. The molecule has 0 spiro atoms. The van der Waals surface area contributed by atoms with E-state index >= 15 is 0 Å². The summed E-state index contributed by atoms with van der Waals surface area (Å²) >= 11 is 0. The van der Waals surface area contributed by atoms with Gasteiger partial charge in [0.2, 0.25) is 0 Å². The SMILES string of the molecule is COc1cc(C(F)(F)F)ccc1C(=O)C1CC2CCCC(C1)N2Cc1ccccc1. The number of alkyl halides is 3. The number of rotatable bonds is 5. The van der Waals surface area contributed by atoms with Gasteiger partial charge in [0.1, 0.15) is 5.75 Å². The van der Waals surface area contributed by atoms with Gasteiger partial charge in [-0.2, -0.15) is 13.2 Å². The van der Waals surface area contributed by atoms with E-state index < -0.39 is 11.7 Å². The minimum absolute atomic E-state index is 0.00620. The molecule has 2 aromatic rings. The van der Waals surface area contributed by atoms with Crippen molar-refractivity contribution in [1.82, 2.24) is 4.90 Å². The normalized spacial score (nSPS) is 24.5. The van der Waals surface area contributed by atoms with Crippen molar-refractivity contribution in [3.8, 4) is 5.75 Å². The topological polar surface area (TPSA) is 29.5 Å². The number of Topliss-reactive ketones (excluding diaryl/α,β-unsaturated/α-hetero) is 1. The van der Waals surface area contributed by atoms with Crippen molar-refractivity contribution < 1.29 is 22.7 Å². The molecule has 0 N–H and O–H groups in total. The molecule has 2 atom stereocenters. The molecule has 2 aliphatic heterocycles. The average molecular weight is 417 g/mol. The molecule has 160 valence electrons. The number of piperidine rings is 2. The number of benzene rings is 2. The first-order chi connectivity index (χ1) is 14.4. The van der Waals surface area contributed by atoms with Gasteiger partial charge in [0.15, 0.2) is 5.78 Å². The molecule has 0 aliphatic carbocycles. The lowest BCUT2D eigenvalue weighted by Gasteiger charge is -2.48. The Hall–Kier alpha value is -2.34. The maximum Gasteiger partial charge on any atom is 0.416 e. The Labute approximate surface area is 174 Å². The monoisotopic (exact) mass is 417 g/mol. The summed E-state index contributed by atoms with van der Waals surface area (Å²) in [4.78, 5) is 15.8. The summed E-state index contributed by atoms with van der Waals surface area (Å²) in [7, 11) is 1.31. The minimum atomic E-state index is -4.46. The van der Waals surface area contributed by atoms with Crippen LogP contribution in [-0.2, 0) is 12.7 Å². The van der Waals surface area contributed by atoms with Gasteiger partial charge in [-0.05, 0) is 49.4 Å². The molecule has 2 unspecified atom stereocenters. The van der Waals surface area contributed by atoms with Gasteiger partial charge in [-0.15, -0.1) is 0 Å². The van der Waals surface area contributed by atoms with Crippen LogP contribution in [0.5, 0.6) is 5.75 Å². The standard InChI is InChI=1S/C24H26F3NO2/c1-30-22-14-18(24(25,26)27)10-11-21(22)23(29)17-12-19-8-5-9-20(13-17)28(19)15-16-6-3-2-4-7-16/h2-4,6-7,10-11,14,17,19-20H,5,8-9,12-13,15H2,1H3. The van der Waals surface area contributed by atoms with Crippen LogP contribution in [-0.4, -0.2) is 29.9 Å². The zero-order valence-corrected chi connectivity index (χ0v) is 17.0. The summed E-state index contributed by atoms with van der Waals surface area (Å²) in [6.45, 7) is 0.876. The first-order valence-corrected chi connectivity index (χ1v) is 10.5. The largest absolute Gasteiger partial charge is 0.496 e. The molecule has 30 heavy (non-hydrogen) atoms. The molecule has 2 aromatic carbocycles. The molecule has 2 bridgehead atoms. The lowest BCUT2D eigenvalue weighted by atomic mass is 9.75. The summed E-state index contributed by atoms with van der Waals surface area (Å²) in [6, 6.07) is 14.2. The highest BCUT2D eigenvalue weighted by molar-refractivity contribution is 6.00. The molecule has 0 saturated carbocycles. The van der Waals surface area contributed by atoms with Crippen molar-refractivity contribution in [2.45, 2.75) is 56.9 Å². The molecule has 3 nitrogen and oxygen atoms in total. The number of ether oxygens (including phenoxy) is 1. The van der Waals surface area contributed by atoms with Crippen LogP contribution in [0.4, 0.5) is 13.2 Å². The molecular formula is C24H26F3NO2. The molecule has 2 fully saturated rings. The van der Waals surface area contributed by atoms with Crippen LogP contribution in [0.2, 0.25) is 0 Å². The molecule has 0 radical (unpaired) electrons. The van der Waals surface area contributed by atoms with Crippen molar-refractivity contribution in [1.29, 1.82) is 0 Å². The third kappa shape index (κ3) is 4.24. The fourth-order valence-electron chi connectivity index (χ4n) is 5.04. The Kier molecular flexibility index (Phi) is 5.87. The Morgan fingerprint density at radius 2 is 1.73 bits per heavy atom. The molecule has 4 rings (SSSR count). The van der Waals surface area contributed by atoms with Gasteiger partial charge in [0, 0.05) is 24.5 Å². The summed E-state index contributed by atoms with van der Waals surface area (Å²) < 4.78 is 44.2. The number of carbonyl (C=O) groups is 1. The quantitative estimate of drug-likeness (QED) is 0.582. The highest BCUT2D eigenvalue weighted by atomic mass is 19.4. The van der Waals surface area contributed by atoms with Crippen molar-refractivity contribution >= 4 is 5.78 Å². The van der Waals surface area contributed by atoms with Crippen LogP contribution < -0.4 is 4.74 Å². The van der Waals surface area contributed by atoms with Gasteiger partial charge < -0.3 is 4.74 Å². The summed E-state index contributed by atoms with van der Waals surface area (Å²) in [5.74, 6) is -0.276. The summed E-state index contributed by atoms with van der Waals surface area (Å²) in [5, 5.41) is 0. The number of carbonyl (C=O) groups excluding carboxylic acids is 1. The number of halogens is 3. The Bertz CT molecular complexity index is 883. The number of ketones is 1. The highest BCUT2D eigenvalue weighted by Gasteiger charge is 2.41. The van der Waals surface area contributed by atoms with Crippen molar-refractivity contribution in [2.24, 2.45) is 5.92 Å². The first-order valence-electron chi connectivity index (χ1n) is 10.5. The predicted octanol–water partition coefficient (Wildman–Crippen LogP) is 5.73. The van der Waals surface area contributed by atoms with E-state index in [0.29, 0.717) is 12.1 Å². The summed E-state index contributed by atoms with van der Waals surface area (Å²) in [5.41, 5.74) is 0.721. The second kappa shape index (κ2) is 8.42. The zero-order valence-electron chi connectivity index (χ0n) is 17.0. The van der Waals surface area contributed by atoms with Gasteiger partial charge in [-0.3, -0.25) is 9.69 Å². The van der Waals surface area contributed by atoms with E-state index in [0.717, 1.165) is 50.8 Å². The van der Waals surface area contributed by atoms with Crippen LogP contribution in [0.15, 0.2) is 48.5 Å². The zero-order chi connectivity index (χ0) is 21.3. The number of methoxy groups -OCH3 is 1. The van der Waals surface area contributed by atoms with Gasteiger partial charge in [0.25, 0.3) is 0 Å². The van der Waals surface area contributed by atoms with Crippen LogP contribution >= 0.6 is 0 Å². The number of nitrogens with zero attached hydrogens (tertiary/aromatic N) is 1. The van der Waals surface area contributed by atoms with E-state index in [1.54, 1.807) is 0 Å². The van der Waals surface area contributed by atoms with E-state index in [4.69, 9.17) is 4.74 Å². The van der Waals surface area contributed by atoms with Crippen molar-refractivity contribution in [3.05, 3.63) is 65.2 Å². The molecule has 6 heteroatoms. The average Bonchev–Trinajstić information content (AvgIpc) is 2.72. The number of hydrogen-bond acceptors (Lipinski definition) is 3. The molecule has 2 saturated heterocycles. The Morgan fingerprint density at radius 1 is 1.07 bits per heavy atom. The van der Waals surface area contributed by atoms with E-state index in [2.05, 4.69) is 17.0 Å². The molecule has 0 amide bonds. The van der Waals surface area contributed by atoms with Crippen LogP contribution in [0, 0.1) is 5.92 Å². The minimum Gasteiger partial charge on any atom is -0.496 e. The number of fused-ring (bicyclic) bond motifs is 2. The summed E-state index contributed by atoms with van der Waals surface area (Å²) in [6.07, 6.45) is 0.285. The first kappa shape index (κ1) is 20.9. The van der Waals surface area contributed by atoms with Crippen LogP contribution in [0.25, 0.3) is 0 Å². The smallest absolute Gasteiger partial charge is 0.416 e. The second-order valence-electron chi connectivity index (χ2n) is 8.34. The van der Waals surface area contributed by atoms with E-state index in [1.807, 2.05) is 18.2 Å². The van der Waals surface area contributed by atoms with Crippen molar-refractivity contribution in [2.75, 3.05) is 7.11 Å². The Morgan fingerprint density at radius 3 is 2.33 bits per heavy atom. The third-order valence-corrected chi connectivity index (χ3v) is 6.50. The van der Waals surface area contributed by atoms with E-state index in [-0.39, 0.29) is 23.0 Å². The molecule has 2 aliphatic rings. The van der Waals surface area contributed by atoms with Crippen molar-refractivity contribution in [3.63, 3.8) is 0 Å². The van der Waals surface area contributed by atoms with Crippen LogP contribution in [0.3, 0.4) is 0 Å². The lowest BCUT2D eigenvalue weighted by Crippen LogP contribution is -2.52. The molecular weight excluding hydrogens is 391 g/mol. The van der Waals surface area contributed by atoms with Gasteiger partial charge in [0.05, 0.1) is 18.2 Å². The molecule has 0 aromatic heterocycles. The Balaban J connectivity index is 1.53. The fraction of sp³-hybridized carbons (Fsp3) is 0.458. The van der Waals surface area contributed by atoms with Gasteiger partial charge in [-0.25, -0.2) is 0 Å². The maximum absolute atomic E-state index is 13.3. The van der Waals surface area contributed by atoms with Gasteiger partial charge >= 0.3 is 6.18 Å². The van der Waals surface area contributed by atoms with Gasteiger partial charge in [-0.1, -0.05) is 36.8 Å². The van der Waals surface area contributed by atoms with Crippen LogP contribution in [0.1, 0.15) is 53.6 Å². The van der Waals surface area contributed by atoms with E-state index in [9.17, 15) is 18.0 Å². The molecule has 2 heterocycles. The number of hydrogen-bond donors (Lipinski definition) is 0.